The van der Waals surface area contributed by atoms with Gasteiger partial charge in [0.25, 0.3) is 0 Å². The fraction of sp³-hybridized carbons (Fsp3) is 0.167. The van der Waals surface area contributed by atoms with Crippen LogP contribution in [-0.2, 0) is 14.8 Å². The third-order valence-corrected chi connectivity index (χ3v) is 8.77. The molecular formula is C24H21Cl2N5O3S2. The minimum atomic E-state index is -3.58. The molecule has 1 fully saturated rings. The summed E-state index contributed by atoms with van der Waals surface area (Å²) in [7, 11) is -3.58. The molecule has 1 aliphatic rings. The van der Waals surface area contributed by atoms with Crippen molar-refractivity contribution in [3.8, 4) is 11.3 Å². The van der Waals surface area contributed by atoms with E-state index >= 15 is 0 Å². The molecule has 0 aliphatic carbocycles. The van der Waals surface area contributed by atoms with Crippen molar-refractivity contribution in [1.29, 1.82) is 0 Å². The van der Waals surface area contributed by atoms with Crippen LogP contribution in [-0.4, -0.2) is 54.9 Å². The van der Waals surface area contributed by atoms with Crippen LogP contribution < -0.4 is 4.80 Å². The summed E-state index contributed by atoms with van der Waals surface area (Å²) in [6.07, 6.45) is 3.51. The van der Waals surface area contributed by atoms with Crippen molar-refractivity contribution in [2.75, 3.05) is 26.3 Å². The Kier molecular flexibility index (Phi) is 7.42. The second-order valence-corrected chi connectivity index (χ2v) is 11.4. The molecule has 8 nitrogen and oxygen atoms in total. The molecule has 186 valence electrons. The number of aromatic amines is 1. The van der Waals surface area contributed by atoms with Crippen LogP contribution in [0.25, 0.3) is 11.3 Å². The van der Waals surface area contributed by atoms with Gasteiger partial charge in [-0.15, -0.1) is 11.3 Å². The van der Waals surface area contributed by atoms with E-state index in [1.54, 1.807) is 47.3 Å². The van der Waals surface area contributed by atoms with Crippen LogP contribution in [0.1, 0.15) is 5.69 Å². The number of hydrogen-bond donors (Lipinski definition) is 1. The predicted molar refractivity (Wildman–Crippen MR) is 143 cm³/mol. The van der Waals surface area contributed by atoms with Crippen LogP contribution in [0.3, 0.4) is 0 Å². The van der Waals surface area contributed by atoms with E-state index in [1.807, 2.05) is 29.8 Å². The lowest BCUT2D eigenvalue weighted by molar-refractivity contribution is 0.0730. The zero-order valence-corrected chi connectivity index (χ0v) is 22.0. The van der Waals surface area contributed by atoms with Gasteiger partial charge in [-0.1, -0.05) is 23.2 Å². The van der Waals surface area contributed by atoms with Crippen molar-refractivity contribution >= 4 is 56.5 Å². The van der Waals surface area contributed by atoms with Crippen molar-refractivity contribution in [3.63, 3.8) is 0 Å². The molecule has 2 aromatic carbocycles. The molecular weight excluding hydrogens is 541 g/mol. The number of morpholine rings is 1. The Balaban J connectivity index is 1.53. The molecule has 0 amide bonds. The summed E-state index contributed by atoms with van der Waals surface area (Å²) in [4.78, 5) is 8.63. The highest BCUT2D eigenvalue weighted by atomic mass is 35.5. The topological polar surface area (TPSA) is 92.0 Å². The fourth-order valence-electron chi connectivity index (χ4n) is 3.66. The lowest BCUT2D eigenvalue weighted by Crippen LogP contribution is -2.40. The molecule has 0 unspecified atom stereocenters. The first-order chi connectivity index (χ1) is 17.4. The molecule has 3 heterocycles. The average molecular weight is 563 g/mol. The SMILES string of the molecule is O=S(=O)(c1ccc(N=c2scc(-c3ccc(Cl)cc3Cl)n2N=Cc2ccc[nH]2)cc1)N1CCOCC1. The van der Waals surface area contributed by atoms with Crippen molar-refractivity contribution in [1.82, 2.24) is 14.0 Å². The third kappa shape index (κ3) is 5.34. The number of nitrogens with zero attached hydrogens (tertiary/aromatic N) is 4. The molecule has 1 N–H and O–H groups in total. The van der Waals surface area contributed by atoms with Crippen LogP contribution >= 0.6 is 34.5 Å². The summed E-state index contributed by atoms with van der Waals surface area (Å²) < 4.78 is 34.2. The second-order valence-electron chi connectivity index (χ2n) is 7.83. The van der Waals surface area contributed by atoms with Crippen molar-refractivity contribution < 1.29 is 13.2 Å². The van der Waals surface area contributed by atoms with Gasteiger partial charge in [-0.05, 0) is 54.6 Å². The lowest BCUT2D eigenvalue weighted by atomic mass is 10.2. The van der Waals surface area contributed by atoms with E-state index in [0.717, 1.165) is 17.0 Å². The van der Waals surface area contributed by atoms with Gasteiger partial charge < -0.3 is 9.72 Å². The summed E-state index contributed by atoms with van der Waals surface area (Å²) in [5.41, 5.74) is 2.92. The van der Waals surface area contributed by atoms with Crippen molar-refractivity contribution in [2.24, 2.45) is 10.1 Å². The zero-order chi connectivity index (χ0) is 25.1. The van der Waals surface area contributed by atoms with Gasteiger partial charge in [-0.25, -0.2) is 18.1 Å². The van der Waals surface area contributed by atoms with Gasteiger partial charge >= 0.3 is 0 Å². The molecule has 1 aliphatic heterocycles. The maximum absolute atomic E-state index is 12.9. The Morgan fingerprint density at radius 2 is 1.83 bits per heavy atom. The Hall–Kier alpha value is -2.73. The van der Waals surface area contributed by atoms with Crippen LogP contribution in [0.2, 0.25) is 10.0 Å². The van der Waals surface area contributed by atoms with Gasteiger partial charge in [0.05, 0.1) is 46.4 Å². The number of benzene rings is 2. The summed E-state index contributed by atoms with van der Waals surface area (Å²) in [5, 5.41) is 7.58. The molecule has 4 aromatic rings. The van der Waals surface area contributed by atoms with Crippen LogP contribution in [0.15, 0.2) is 81.2 Å². The number of ether oxygens (including phenoxy) is 1. The van der Waals surface area contributed by atoms with Gasteiger partial charge in [-0.3, -0.25) is 0 Å². The Morgan fingerprint density at radius 3 is 2.53 bits per heavy atom. The van der Waals surface area contributed by atoms with Crippen molar-refractivity contribution in [2.45, 2.75) is 4.90 Å². The molecule has 0 spiro atoms. The van der Waals surface area contributed by atoms with E-state index in [2.05, 4.69) is 10.1 Å². The van der Waals surface area contributed by atoms with Crippen molar-refractivity contribution in [3.05, 3.63) is 86.7 Å². The molecule has 0 bridgehead atoms. The maximum Gasteiger partial charge on any atom is 0.243 e. The van der Waals surface area contributed by atoms with Gasteiger partial charge in [0.1, 0.15) is 0 Å². The predicted octanol–water partition coefficient (Wildman–Crippen LogP) is 4.99. The summed E-state index contributed by atoms with van der Waals surface area (Å²) in [6.45, 7) is 1.49. The van der Waals surface area contributed by atoms with E-state index in [0.29, 0.717) is 46.8 Å². The average Bonchev–Trinajstić information content (AvgIpc) is 3.54. The normalized spacial score (nSPS) is 15.7. The number of sulfonamides is 1. The molecule has 1 saturated heterocycles. The van der Waals surface area contributed by atoms with E-state index in [-0.39, 0.29) is 4.90 Å². The third-order valence-electron chi connectivity index (χ3n) is 5.50. The van der Waals surface area contributed by atoms with Gasteiger partial charge in [0.15, 0.2) is 0 Å². The first-order valence-electron chi connectivity index (χ1n) is 11.0. The Labute approximate surface area is 222 Å². The number of aromatic nitrogens is 2. The summed E-state index contributed by atoms with van der Waals surface area (Å²) in [5.74, 6) is 0. The van der Waals surface area contributed by atoms with E-state index in [1.165, 1.54) is 15.6 Å². The second kappa shape index (κ2) is 10.7. The lowest BCUT2D eigenvalue weighted by Gasteiger charge is -2.26. The number of nitrogens with one attached hydrogen (secondary N) is 1. The molecule has 5 rings (SSSR count). The molecule has 2 aromatic heterocycles. The first-order valence-corrected chi connectivity index (χ1v) is 14.1. The summed E-state index contributed by atoms with van der Waals surface area (Å²) >= 11 is 14.0. The number of thiazole rings is 1. The van der Waals surface area contributed by atoms with Gasteiger partial charge in [0, 0.05) is 35.3 Å². The highest BCUT2D eigenvalue weighted by Gasteiger charge is 2.26. The molecule has 12 heteroatoms. The smallest absolute Gasteiger partial charge is 0.243 e. The molecule has 0 saturated carbocycles. The van der Waals surface area contributed by atoms with E-state index in [4.69, 9.17) is 32.9 Å². The Bertz CT molecular complexity index is 1550. The largest absolute Gasteiger partial charge is 0.379 e. The van der Waals surface area contributed by atoms with Gasteiger partial charge in [-0.2, -0.15) is 9.41 Å². The monoisotopic (exact) mass is 561 g/mol. The number of halogens is 2. The summed E-state index contributed by atoms with van der Waals surface area (Å²) in [6, 6.07) is 15.6. The zero-order valence-electron chi connectivity index (χ0n) is 18.8. The highest BCUT2D eigenvalue weighted by molar-refractivity contribution is 7.89. The minimum absolute atomic E-state index is 0.223. The minimum Gasteiger partial charge on any atom is -0.379 e. The van der Waals surface area contributed by atoms with Gasteiger partial charge in [0.2, 0.25) is 14.8 Å². The number of H-pyrrole nitrogens is 1. The molecule has 36 heavy (non-hydrogen) atoms. The quantitative estimate of drug-likeness (QED) is 0.336. The number of rotatable bonds is 6. The molecule has 0 radical (unpaired) electrons. The van der Waals surface area contributed by atoms with Crippen LogP contribution in [0.5, 0.6) is 0 Å². The first kappa shape index (κ1) is 24.9. The highest BCUT2D eigenvalue weighted by Crippen LogP contribution is 2.31. The fourth-order valence-corrected chi connectivity index (χ4v) is 6.42. The molecule has 0 atom stereocenters. The Morgan fingerprint density at radius 1 is 1.06 bits per heavy atom. The van der Waals surface area contributed by atoms with E-state index < -0.39 is 10.0 Å². The van der Waals surface area contributed by atoms with Crippen LogP contribution in [0, 0.1) is 0 Å². The van der Waals surface area contributed by atoms with Crippen LogP contribution in [0.4, 0.5) is 5.69 Å². The standard InChI is InChI=1S/C24H21Cl2N5O3S2/c25-17-3-8-21(22(26)14-17)23-16-35-24(31(23)28-15-19-2-1-9-27-19)29-18-4-6-20(7-5-18)36(32,33)30-10-12-34-13-11-30/h1-9,14-16,27H,10-13H2. The number of hydrogen-bond acceptors (Lipinski definition) is 6. The maximum atomic E-state index is 12.9. The van der Waals surface area contributed by atoms with E-state index in [9.17, 15) is 8.42 Å².